The molecule has 0 radical (unpaired) electrons. The normalized spacial score (nSPS) is 19.8. The number of rotatable bonds is 5. The van der Waals surface area contributed by atoms with Crippen molar-refractivity contribution in [1.29, 1.82) is 0 Å². The molecule has 1 fully saturated rings. The maximum Gasteiger partial charge on any atom is 0.161 e. The molecule has 0 unspecified atom stereocenters. The number of piperidine rings is 1. The van der Waals surface area contributed by atoms with Gasteiger partial charge in [0.25, 0.3) is 0 Å². The summed E-state index contributed by atoms with van der Waals surface area (Å²) in [6, 6.07) is 0. The molecule has 1 rings (SSSR count). The topological polar surface area (TPSA) is 53.5 Å². The molecular formula is C14H23N3O. The third kappa shape index (κ3) is 4.45. The zero-order valence-corrected chi connectivity index (χ0v) is 11.5. The van der Waals surface area contributed by atoms with Gasteiger partial charge >= 0.3 is 0 Å². The van der Waals surface area contributed by atoms with Gasteiger partial charge in [-0.25, -0.2) is 4.99 Å². The van der Waals surface area contributed by atoms with Crippen molar-refractivity contribution in [2.45, 2.75) is 39.2 Å². The first-order valence-corrected chi connectivity index (χ1v) is 6.36. The predicted molar refractivity (Wildman–Crippen MR) is 75.7 cm³/mol. The van der Waals surface area contributed by atoms with Gasteiger partial charge in [0.15, 0.2) is 5.78 Å². The Morgan fingerprint density at radius 2 is 2.06 bits per heavy atom. The highest BCUT2D eigenvalue weighted by atomic mass is 16.1. The number of allylic oxidation sites excluding steroid dienone is 2. The second-order valence-electron chi connectivity index (χ2n) is 4.94. The molecule has 0 amide bonds. The van der Waals surface area contributed by atoms with Gasteiger partial charge in [-0.05, 0) is 46.7 Å². The van der Waals surface area contributed by atoms with Gasteiger partial charge in [0.2, 0.25) is 0 Å². The van der Waals surface area contributed by atoms with Crippen LogP contribution in [-0.2, 0) is 4.79 Å². The number of Topliss-reactive ketones (excluding diaryl/α,β-unsaturated/α-hetero) is 1. The lowest BCUT2D eigenvalue weighted by atomic mass is 9.91. The first-order chi connectivity index (χ1) is 8.47. The number of nitrogens with one attached hydrogen (secondary N) is 2. The second-order valence-corrected chi connectivity index (χ2v) is 4.94. The van der Waals surface area contributed by atoms with Gasteiger partial charge in [-0.2, -0.15) is 0 Å². The quantitative estimate of drug-likeness (QED) is 0.577. The molecule has 0 bridgehead atoms. The number of aliphatic imine (C=N–C) groups is 1. The number of carbonyl (C=O) groups excluding carboxylic acids is 1. The molecule has 1 saturated heterocycles. The lowest BCUT2D eigenvalue weighted by molar-refractivity contribution is -0.113. The van der Waals surface area contributed by atoms with E-state index in [2.05, 4.69) is 29.1 Å². The van der Waals surface area contributed by atoms with E-state index in [1.807, 2.05) is 6.92 Å². The Kier molecular flexibility index (Phi) is 5.28. The summed E-state index contributed by atoms with van der Waals surface area (Å²) in [6.07, 6.45) is 5.42. The molecule has 0 aromatic rings. The maximum absolute atomic E-state index is 11.2. The first kappa shape index (κ1) is 14.6. The number of carbonyl (C=O) groups is 1. The number of nitrogens with zero attached hydrogens (tertiary/aromatic N) is 1. The van der Waals surface area contributed by atoms with Crippen LogP contribution < -0.4 is 10.6 Å². The Hall–Kier alpha value is -1.42. The fourth-order valence-corrected chi connectivity index (χ4v) is 2.00. The Labute approximate surface area is 109 Å². The highest BCUT2D eigenvalue weighted by Crippen LogP contribution is 2.18. The van der Waals surface area contributed by atoms with E-state index in [0.29, 0.717) is 11.4 Å². The third-order valence-electron chi connectivity index (χ3n) is 3.23. The van der Waals surface area contributed by atoms with E-state index in [4.69, 9.17) is 0 Å². The standard InChI is InChI=1S/C14H23N3O/c1-5-13(11(2)18)10-16-12(3)17-14(4)6-8-15-9-7-14/h5,10,15,17H,3,6-9H2,1-2,4H3/b13-5+,16-10-. The minimum Gasteiger partial charge on any atom is -0.365 e. The molecule has 4 heteroatoms. The molecule has 0 spiro atoms. The summed E-state index contributed by atoms with van der Waals surface area (Å²) in [5, 5.41) is 6.67. The Morgan fingerprint density at radius 3 is 2.56 bits per heavy atom. The Bertz CT molecular complexity index is 377. The van der Waals surface area contributed by atoms with Crippen molar-refractivity contribution in [3.63, 3.8) is 0 Å². The van der Waals surface area contributed by atoms with Crippen LogP contribution in [0.4, 0.5) is 0 Å². The number of hydrogen-bond donors (Lipinski definition) is 2. The van der Waals surface area contributed by atoms with Crippen molar-refractivity contribution < 1.29 is 4.79 Å². The lowest BCUT2D eigenvalue weighted by Crippen LogP contribution is -2.49. The number of hydrogen-bond acceptors (Lipinski definition) is 4. The van der Waals surface area contributed by atoms with Gasteiger partial charge in [-0.1, -0.05) is 12.7 Å². The van der Waals surface area contributed by atoms with Gasteiger partial charge in [0.05, 0.1) is 0 Å². The van der Waals surface area contributed by atoms with E-state index in [9.17, 15) is 4.79 Å². The van der Waals surface area contributed by atoms with Crippen molar-refractivity contribution >= 4 is 12.0 Å². The van der Waals surface area contributed by atoms with Crippen LogP contribution in [0.3, 0.4) is 0 Å². The molecule has 0 aliphatic carbocycles. The van der Waals surface area contributed by atoms with E-state index in [-0.39, 0.29) is 11.3 Å². The van der Waals surface area contributed by atoms with Gasteiger partial charge in [-0.3, -0.25) is 4.79 Å². The first-order valence-electron chi connectivity index (χ1n) is 6.36. The lowest BCUT2D eigenvalue weighted by Gasteiger charge is -2.35. The van der Waals surface area contributed by atoms with Crippen molar-refractivity contribution in [1.82, 2.24) is 10.6 Å². The molecule has 4 nitrogen and oxygen atoms in total. The van der Waals surface area contributed by atoms with Crippen LogP contribution in [0.15, 0.2) is 29.0 Å². The molecule has 0 saturated carbocycles. The van der Waals surface area contributed by atoms with Gasteiger partial charge in [0.1, 0.15) is 5.82 Å². The molecule has 0 aromatic carbocycles. The fourth-order valence-electron chi connectivity index (χ4n) is 2.00. The van der Waals surface area contributed by atoms with Gasteiger partial charge in [0, 0.05) is 17.3 Å². The van der Waals surface area contributed by atoms with E-state index in [0.717, 1.165) is 25.9 Å². The highest BCUT2D eigenvalue weighted by Gasteiger charge is 2.26. The van der Waals surface area contributed by atoms with Crippen molar-refractivity contribution in [3.05, 3.63) is 24.0 Å². The SMILES string of the molecule is C=C(/N=C\C(=C/C)C(C)=O)NC1(C)CCNCC1. The zero-order valence-electron chi connectivity index (χ0n) is 11.5. The summed E-state index contributed by atoms with van der Waals surface area (Å²) >= 11 is 0. The molecule has 1 aliphatic rings. The van der Waals surface area contributed by atoms with Crippen molar-refractivity contribution in [2.75, 3.05) is 13.1 Å². The van der Waals surface area contributed by atoms with Crippen molar-refractivity contribution in [3.8, 4) is 0 Å². The van der Waals surface area contributed by atoms with Gasteiger partial charge < -0.3 is 10.6 Å². The minimum atomic E-state index is 0.0159. The molecule has 100 valence electrons. The monoisotopic (exact) mass is 249 g/mol. The molecule has 1 heterocycles. The second kappa shape index (κ2) is 6.50. The summed E-state index contributed by atoms with van der Waals surface area (Å²) in [4.78, 5) is 15.4. The van der Waals surface area contributed by atoms with E-state index >= 15 is 0 Å². The summed E-state index contributed by atoms with van der Waals surface area (Å²) in [5.41, 5.74) is 0.653. The molecule has 0 atom stereocenters. The average Bonchev–Trinajstić information content (AvgIpc) is 2.29. The Morgan fingerprint density at radius 1 is 1.44 bits per heavy atom. The highest BCUT2D eigenvalue weighted by molar-refractivity contribution is 6.12. The molecular weight excluding hydrogens is 226 g/mol. The van der Waals surface area contributed by atoms with Crippen LogP contribution in [0.1, 0.15) is 33.6 Å². The van der Waals surface area contributed by atoms with Crippen LogP contribution >= 0.6 is 0 Å². The summed E-state index contributed by atoms with van der Waals surface area (Å²) in [5.74, 6) is 0.627. The molecule has 1 aliphatic heterocycles. The van der Waals surface area contributed by atoms with E-state index in [1.165, 1.54) is 6.92 Å². The maximum atomic E-state index is 11.2. The van der Waals surface area contributed by atoms with E-state index < -0.39 is 0 Å². The zero-order chi connectivity index (χ0) is 13.6. The molecule has 18 heavy (non-hydrogen) atoms. The average molecular weight is 249 g/mol. The molecule has 0 aromatic heterocycles. The number of ketones is 1. The fraction of sp³-hybridized carbons (Fsp3) is 0.571. The summed E-state index contributed by atoms with van der Waals surface area (Å²) in [7, 11) is 0. The van der Waals surface area contributed by atoms with E-state index in [1.54, 1.807) is 12.3 Å². The van der Waals surface area contributed by atoms with Crippen LogP contribution in [0.5, 0.6) is 0 Å². The molecule has 2 N–H and O–H groups in total. The Balaban J connectivity index is 2.55. The minimum absolute atomic E-state index is 0.0159. The van der Waals surface area contributed by atoms with Crippen LogP contribution in [0, 0.1) is 0 Å². The van der Waals surface area contributed by atoms with Crippen molar-refractivity contribution in [2.24, 2.45) is 4.99 Å². The largest absolute Gasteiger partial charge is 0.365 e. The van der Waals surface area contributed by atoms with Crippen LogP contribution in [0.2, 0.25) is 0 Å². The third-order valence-corrected chi connectivity index (χ3v) is 3.23. The van der Waals surface area contributed by atoms with Crippen LogP contribution in [-0.4, -0.2) is 30.6 Å². The predicted octanol–water partition coefficient (Wildman–Crippen LogP) is 1.80. The summed E-state index contributed by atoms with van der Waals surface area (Å²) < 4.78 is 0. The summed E-state index contributed by atoms with van der Waals surface area (Å²) in [6.45, 7) is 11.4. The van der Waals surface area contributed by atoms with Gasteiger partial charge in [-0.15, -0.1) is 0 Å². The van der Waals surface area contributed by atoms with Crippen LogP contribution in [0.25, 0.3) is 0 Å². The smallest absolute Gasteiger partial charge is 0.161 e.